The summed E-state index contributed by atoms with van der Waals surface area (Å²) in [5.41, 5.74) is 0.316. The van der Waals surface area contributed by atoms with Crippen molar-refractivity contribution in [1.82, 2.24) is 10.6 Å². The zero-order valence-electron chi connectivity index (χ0n) is 14.4. The molecule has 1 saturated carbocycles. The highest BCUT2D eigenvalue weighted by Crippen LogP contribution is 2.18. The fourth-order valence-electron chi connectivity index (χ4n) is 2.06. The van der Waals surface area contributed by atoms with Crippen molar-refractivity contribution < 1.29 is 23.9 Å². The average Bonchev–Trinajstić information content (AvgIpc) is 3.41. The minimum atomic E-state index is -0.664. The molecule has 2 N–H and O–H groups in total. The first-order valence-corrected chi connectivity index (χ1v) is 8.59. The second-order valence-electron chi connectivity index (χ2n) is 5.95. The number of urea groups is 1. The van der Waals surface area contributed by atoms with Crippen molar-refractivity contribution in [2.75, 3.05) is 13.2 Å². The van der Waals surface area contributed by atoms with Gasteiger partial charge in [-0.25, -0.2) is 9.59 Å². The van der Waals surface area contributed by atoms with Gasteiger partial charge in [0.25, 0.3) is 5.91 Å². The van der Waals surface area contributed by atoms with E-state index < -0.39 is 24.5 Å². The minimum absolute atomic E-state index is 0.151. The van der Waals surface area contributed by atoms with Crippen LogP contribution in [0.25, 0.3) is 0 Å². The molecular formula is C18H24N2O5. The molecule has 7 heteroatoms. The zero-order chi connectivity index (χ0) is 18.1. The molecule has 1 fully saturated rings. The van der Waals surface area contributed by atoms with Gasteiger partial charge < -0.3 is 14.8 Å². The fraction of sp³-hybridized carbons (Fsp3) is 0.500. The molecule has 3 amide bonds. The van der Waals surface area contributed by atoms with Gasteiger partial charge in [-0.1, -0.05) is 19.8 Å². The van der Waals surface area contributed by atoms with Crippen LogP contribution in [0.4, 0.5) is 4.79 Å². The van der Waals surface area contributed by atoms with Crippen molar-refractivity contribution in [2.24, 2.45) is 0 Å². The number of ether oxygens (including phenoxy) is 2. The lowest BCUT2D eigenvalue weighted by Gasteiger charge is -2.08. The van der Waals surface area contributed by atoms with E-state index in [-0.39, 0.29) is 6.04 Å². The largest absolute Gasteiger partial charge is 0.494 e. The molecular weight excluding hydrogens is 324 g/mol. The summed E-state index contributed by atoms with van der Waals surface area (Å²) in [6.45, 7) is 2.26. The van der Waals surface area contributed by atoms with Gasteiger partial charge in [-0.05, 0) is 43.5 Å². The molecule has 0 aliphatic heterocycles. The molecule has 1 aromatic carbocycles. The van der Waals surface area contributed by atoms with Crippen LogP contribution in [0.15, 0.2) is 24.3 Å². The van der Waals surface area contributed by atoms with Crippen molar-refractivity contribution >= 4 is 17.9 Å². The quantitative estimate of drug-likeness (QED) is 0.528. The number of carbonyl (C=O) groups is 3. The lowest BCUT2D eigenvalue weighted by Crippen LogP contribution is -2.42. The van der Waals surface area contributed by atoms with E-state index in [1.54, 1.807) is 24.3 Å². The third-order valence-electron chi connectivity index (χ3n) is 3.61. The average molecular weight is 348 g/mol. The summed E-state index contributed by atoms with van der Waals surface area (Å²) in [4.78, 5) is 34.8. The highest BCUT2D eigenvalue weighted by molar-refractivity contribution is 5.97. The van der Waals surface area contributed by atoms with Gasteiger partial charge in [-0.15, -0.1) is 0 Å². The molecule has 0 aromatic heterocycles. The molecule has 25 heavy (non-hydrogen) atoms. The van der Waals surface area contributed by atoms with E-state index in [9.17, 15) is 14.4 Å². The van der Waals surface area contributed by atoms with E-state index in [4.69, 9.17) is 9.47 Å². The Morgan fingerprint density at radius 1 is 1.12 bits per heavy atom. The van der Waals surface area contributed by atoms with Gasteiger partial charge >= 0.3 is 12.0 Å². The predicted molar refractivity (Wildman–Crippen MR) is 91.4 cm³/mol. The number of hydrogen-bond donors (Lipinski definition) is 2. The number of hydrogen-bond acceptors (Lipinski definition) is 5. The van der Waals surface area contributed by atoms with Crippen LogP contribution < -0.4 is 15.4 Å². The Balaban J connectivity index is 1.68. The molecule has 1 aliphatic carbocycles. The molecule has 0 bridgehead atoms. The molecule has 7 nitrogen and oxygen atoms in total. The van der Waals surface area contributed by atoms with Crippen LogP contribution in [0, 0.1) is 0 Å². The van der Waals surface area contributed by atoms with Crippen LogP contribution in [-0.4, -0.2) is 37.2 Å². The summed E-state index contributed by atoms with van der Waals surface area (Å²) >= 11 is 0. The SMILES string of the molecule is CCCCCOc1ccc(C(=O)OCC(=O)NC(=O)NC2CC2)cc1. The Morgan fingerprint density at radius 2 is 1.84 bits per heavy atom. The van der Waals surface area contributed by atoms with E-state index in [0.29, 0.717) is 17.9 Å². The standard InChI is InChI=1S/C18H24N2O5/c1-2-3-4-11-24-15-9-5-13(6-10-15)17(22)25-12-16(21)20-18(23)19-14-7-8-14/h5-6,9-10,14H,2-4,7-8,11-12H2,1H3,(H2,19,20,21,23). The molecule has 0 unspecified atom stereocenters. The molecule has 0 atom stereocenters. The second kappa shape index (κ2) is 9.66. The summed E-state index contributed by atoms with van der Waals surface area (Å²) in [6.07, 6.45) is 5.09. The first kappa shape index (κ1) is 18.8. The van der Waals surface area contributed by atoms with Crippen molar-refractivity contribution in [1.29, 1.82) is 0 Å². The van der Waals surface area contributed by atoms with Crippen LogP contribution in [0.5, 0.6) is 5.75 Å². The molecule has 0 saturated heterocycles. The van der Waals surface area contributed by atoms with Gasteiger partial charge in [0, 0.05) is 6.04 Å². The molecule has 0 radical (unpaired) electrons. The number of benzene rings is 1. The molecule has 0 heterocycles. The van der Waals surface area contributed by atoms with E-state index in [2.05, 4.69) is 17.6 Å². The third kappa shape index (κ3) is 7.24. The maximum Gasteiger partial charge on any atom is 0.338 e. The van der Waals surface area contributed by atoms with Crippen molar-refractivity contribution in [3.63, 3.8) is 0 Å². The third-order valence-corrected chi connectivity index (χ3v) is 3.61. The molecule has 1 aromatic rings. The maximum atomic E-state index is 11.9. The van der Waals surface area contributed by atoms with Crippen LogP contribution in [-0.2, 0) is 9.53 Å². The lowest BCUT2D eigenvalue weighted by atomic mass is 10.2. The van der Waals surface area contributed by atoms with Gasteiger partial charge in [0.1, 0.15) is 5.75 Å². The minimum Gasteiger partial charge on any atom is -0.494 e. The van der Waals surface area contributed by atoms with Crippen molar-refractivity contribution in [3.8, 4) is 5.75 Å². The number of imide groups is 1. The van der Waals surface area contributed by atoms with Crippen LogP contribution in [0.1, 0.15) is 49.4 Å². The van der Waals surface area contributed by atoms with E-state index in [1.165, 1.54) is 0 Å². The van der Waals surface area contributed by atoms with Gasteiger partial charge in [0.2, 0.25) is 0 Å². The highest BCUT2D eigenvalue weighted by atomic mass is 16.5. The molecule has 136 valence electrons. The Hall–Kier alpha value is -2.57. The van der Waals surface area contributed by atoms with Gasteiger partial charge in [-0.3, -0.25) is 10.1 Å². The number of nitrogens with one attached hydrogen (secondary N) is 2. The number of amides is 3. The monoisotopic (exact) mass is 348 g/mol. The molecule has 0 spiro atoms. The van der Waals surface area contributed by atoms with Gasteiger partial charge in [0.05, 0.1) is 12.2 Å². The molecule has 1 aliphatic rings. The topological polar surface area (TPSA) is 93.7 Å². The van der Waals surface area contributed by atoms with Crippen LogP contribution in [0.3, 0.4) is 0 Å². The first-order valence-electron chi connectivity index (χ1n) is 8.59. The number of rotatable bonds is 9. The number of esters is 1. The normalized spacial score (nSPS) is 13.0. The summed E-state index contributed by atoms with van der Waals surface area (Å²) in [6, 6.07) is 6.12. The van der Waals surface area contributed by atoms with Gasteiger partial charge in [-0.2, -0.15) is 0 Å². The zero-order valence-corrected chi connectivity index (χ0v) is 14.4. The number of unbranched alkanes of at least 4 members (excludes halogenated alkanes) is 2. The van der Waals surface area contributed by atoms with Crippen molar-refractivity contribution in [2.45, 2.75) is 45.1 Å². The van der Waals surface area contributed by atoms with Crippen LogP contribution >= 0.6 is 0 Å². The Morgan fingerprint density at radius 3 is 2.48 bits per heavy atom. The Bertz CT molecular complexity index is 596. The van der Waals surface area contributed by atoms with E-state index in [1.807, 2.05) is 0 Å². The van der Waals surface area contributed by atoms with Crippen molar-refractivity contribution in [3.05, 3.63) is 29.8 Å². The van der Waals surface area contributed by atoms with Crippen LogP contribution in [0.2, 0.25) is 0 Å². The summed E-state index contributed by atoms with van der Waals surface area (Å²) in [5.74, 6) is -0.611. The number of carbonyl (C=O) groups excluding carboxylic acids is 3. The fourth-order valence-corrected chi connectivity index (χ4v) is 2.06. The first-order chi connectivity index (χ1) is 12.1. The summed E-state index contributed by atoms with van der Waals surface area (Å²) in [7, 11) is 0. The van der Waals surface area contributed by atoms with E-state index in [0.717, 1.165) is 32.1 Å². The smallest absolute Gasteiger partial charge is 0.338 e. The lowest BCUT2D eigenvalue weighted by molar-refractivity contribution is -0.123. The van der Waals surface area contributed by atoms with E-state index >= 15 is 0 Å². The summed E-state index contributed by atoms with van der Waals surface area (Å²) in [5, 5.41) is 4.72. The second-order valence-corrected chi connectivity index (χ2v) is 5.95. The summed E-state index contributed by atoms with van der Waals surface area (Å²) < 4.78 is 10.5. The Kier molecular flexibility index (Phi) is 7.25. The molecule has 2 rings (SSSR count). The van der Waals surface area contributed by atoms with Gasteiger partial charge in [0.15, 0.2) is 6.61 Å². The Labute approximate surface area is 147 Å². The highest BCUT2D eigenvalue weighted by Gasteiger charge is 2.24. The predicted octanol–water partition coefficient (Wildman–Crippen LogP) is 2.40. The maximum absolute atomic E-state index is 11.9.